The van der Waals surface area contributed by atoms with E-state index >= 15 is 0 Å². The van der Waals surface area contributed by atoms with E-state index in [9.17, 15) is 23.5 Å². The van der Waals surface area contributed by atoms with Gasteiger partial charge in [0.25, 0.3) is 0 Å². The molecule has 10 heteroatoms. The predicted octanol–water partition coefficient (Wildman–Crippen LogP) is 4.40. The normalized spacial score (nSPS) is 22.5. The Morgan fingerprint density at radius 1 is 1.17 bits per heavy atom. The van der Waals surface area contributed by atoms with Crippen LogP contribution in [-0.4, -0.2) is 69.8 Å². The van der Waals surface area contributed by atoms with Gasteiger partial charge in [-0.3, -0.25) is 9.78 Å². The molecule has 1 aliphatic carbocycles. The maximum atomic E-state index is 13.6. The molecule has 8 nitrogen and oxygen atoms in total. The number of Topliss-reactive ketones (excluding diaryl/α,β-unsaturated/α-hetero) is 1. The molecule has 3 heterocycles. The maximum Gasteiger partial charge on any atom is 0.248 e. The highest BCUT2D eigenvalue weighted by Gasteiger charge is 2.39. The molecule has 0 amide bonds. The van der Waals surface area contributed by atoms with Crippen molar-refractivity contribution in [3.05, 3.63) is 59.7 Å². The lowest BCUT2D eigenvalue weighted by Gasteiger charge is -2.27. The van der Waals surface area contributed by atoms with Crippen LogP contribution in [0.1, 0.15) is 81.4 Å². The summed E-state index contributed by atoms with van der Waals surface area (Å²) in [5.41, 5.74) is 3.86. The number of hydrogen-bond donors (Lipinski definition) is 4. The van der Waals surface area contributed by atoms with Crippen LogP contribution in [-0.2, 0) is 15.0 Å². The molecule has 0 radical (unpaired) electrons. The van der Waals surface area contributed by atoms with Crippen LogP contribution in [0.5, 0.6) is 0 Å². The van der Waals surface area contributed by atoms with Crippen LogP contribution in [0.2, 0.25) is 0 Å². The van der Waals surface area contributed by atoms with Gasteiger partial charge >= 0.3 is 0 Å². The van der Waals surface area contributed by atoms with Crippen LogP contribution in [0.3, 0.4) is 0 Å². The molecule has 0 spiro atoms. The first-order valence-corrected chi connectivity index (χ1v) is 14.3. The van der Waals surface area contributed by atoms with Gasteiger partial charge in [-0.2, -0.15) is 0 Å². The van der Waals surface area contributed by atoms with Gasteiger partial charge in [0.1, 0.15) is 6.29 Å². The molecule has 4 N–H and O–H groups in total. The van der Waals surface area contributed by atoms with E-state index in [1.165, 1.54) is 0 Å². The molecular formula is C31H41F2N5O3. The number of rotatable bonds is 7. The van der Waals surface area contributed by atoms with Crippen LogP contribution in [0.4, 0.5) is 8.78 Å². The van der Waals surface area contributed by atoms with Crippen molar-refractivity contribution >= 4 is 23.1 Å². The molecule has 4 unspecified atom stereocenters. The van der Waals surface area contributed by atoms with Crippen LogP contribution in [0, 0.1) is 0 Å². The zero-order valence-electron chi connectivity index (χ0n) is 24.2. The average Bonchev–Trinajstić information content (AvgIpc) is 3.60. The predicted molar refractivity (Wildman–Crippen MR) is 154 cm³/mol. The molecule has 3 aromatic rings. The highest BCUT2D eigenvalue weighted by molar-refractivity contribution is 5.96. The van der Waals surface area contributed by atoms with Crippen molar-refractivity contribution in [3.63, 3.8) is 0 Å². The third-order valence-corrected chi connectivity index (χ3v) is 8.24. The molecule has 1 aromatic carbocycles. The number of ketones is 1. The quantitative estimate of drug-likeness (QED) is 0.312. The number of aliphatic hydroxyl groups excluding tert-OH is 1. The van der Waals surface area contributed by atoms with E-state index < -0.39 is 29.9 Å². The third kappa shape index (κ3) is 7.42. The van der Waals surface area contributed by atoms with Crippen molar-refractivity contribution in [2.24, 2.45) is 0 Å². The van der Waals surface area contributed by atoms with Crippen molar-refractivity contribution in [2.45, 2.75) is 94.2 Å². The van der Waals surface area contributed by atoms with Gasteiger partial charge in [-0.25, -0.2) is 13.8 Å². The molecule has 41 heavy (non-hydrogen) atoms. The van der Waals surface area contributed by atoms with Gasteiger partial charge in [-0.1, -0.05) is 45.0 Å². The number of benzene rings is 1. The van der Waals surface area contributed by atoms with E-state index in [0.29, 0.717) is 48.4 Å². The summed E-state index contributed by atoms with van der Waals surface area (Å²) in [5, 5.41) is 16.1. The van der Waals surface area contributed by atoms with Crippen LogP contribution in [0.15, 0.2) is 43.0 Å². The fraction of sp³-hybridized carbons (Fsp3) is 0.548. The molecule has 1 saturated heterocycles. The Labute approximate surface area is 239 Å². The molecule has 2 fully saturated rings. The number of β-amino-alcohol motifs (C(OH)–C–C–N with tert-alkyl or cyclic N) is 1. The smallest absolute Gasteiger partial charge is 0.248 e. The van der Waals surface area contributed by atoms with E-state index in [4.69, 9.17) is 0 Å². The van der Waals surface area contributed by atoms with Gasteiger partial charge in [-0.15, -0.1) is 0 Å². The lowest BCUT2D eigenvalue weighted by atomic mass is 9.76. The van der Waals surface area contributed by atoms with Crippen molar-refractivity contribution in [1.82, 2.24) is 25.6 Å². The van der Waals surface area contributed by atoms with Gasteiger partial charge in [-0.05, 0) is 42.9 Å². The van der Waals surface area contributed by atoms with E-state index in [1.807, 2.05) is 31.3 Å². The summed E-state index contributed by atoms with van der Waals surface area (Å²) in [6.07, 6.45) is 6.75. The first-order chi connectivity index (χ1) is 19.4. The molecule has 2 aromatic heterocycles. The summed E-state index contributed by atoms with van der Waals surface area (Å²) in [6.45, 7) is 6.76. The summed E-state index contributed by atoms with van der Waals surface area (Å²) in [7, 11) is 1.83. The molecule has 2 aliphatic rings. The zero-order chi connectivity index (χ0) is 29.8. The zero-order valence-corrected chi connectivity index (χ0v) is 24.2. The lowest BCUT2D eigenvalue weighted by Crippen LogP contribution is -2.37. The molecule has 222 valence electrons. The molecular weight excluding hydrogens is 528 g/mol. The van der Waals surface area contributed by atoms with Crippen molar-refractivity contribution in [2.75, 3.05) is 13.6 Å². The number of aromatic nitrogens is 3. The van der Waals surface area contributed by atoms with Gasteiger partial charge in [0.15, 0.2) is 5.78 Å². The Hall–Kier alpha value is -3.08. The van der Waals surface area contributed by atoms with Crippen molar-refractivity contribution in [3.8, 4) is 0 Å². The molecule has 4 atom stereocenters. The minimum absolute atomic E-state index is 0.0240. The van der Waals surface area contributed by atoms with Crippen LogP contribution >= 0.6 is 0 Å². The van der Waals surface area contributed by atoms with Gasteiger partial charge in [0.05, 0.1) is 47.5 Å². The number of aldehydes is 1. The van der Waals surface area contributed by atoms with Gasteiger partial charge in [0, 0.05) is 37.2 Å². The van der Waals surface area contributed by atoms with Gasteiger partial charge in [0.2, 0.25) is 5.92 Å². The minimum Gasteiger partial charge on any atom is -0.392 e. The molecule has 1 saturated carbocycles. The number of H-pyrrole nitrogens is 1. The Morgan fingerprint density at radius 3 is 2.41 bits per heavy atom. The number of aliphatic hydroxyl groups is 1. The number of carbonyl (C=O) groups excluding carboxylic acids is 2. The molecule has 1 aliphatic heterocycles. The number of nitrogens with zero attached hydrogens (tertiary/aromatic N) is 2. The monoisotopic (exact) mass is 569 g/mol. The van der Waals surface area contributed by atoms with Gasteiger partial charge < -0.3 is 25.5 Å². The SMILES string of the molecule is CC(C)(C)c1ccc(C(C(=O)C2CC(O)CN2)C(C=O)c2cncc3[nH]cnc23)cc1.CNC1CCC(F)(F)CC1. The average molecular weight is 570 g/mol. The van der Waals surface area contributed by atoms with E-state index in [0.717, 1.165) is 17.4 Å². The highest BCUT2D eigenvalue weighted by atomic mass is 19.3. The summed E-state index contributed by atoms with van der Waals surface area (Å²) in [5.74, 6) is -3.94. The third-order valence-electron chi connectivity index (χ3n) is 8.24. The summed E-state index contributed by atoms with van der Waals surface area (Å²) in [6, 6.07) is 7.71. The second kappa shape index (κ2) is 12.8. The number of pyridine rings is 1. The molecule has 5 rings (SSSR count). The fourth-order valence-corrected chi connectivity index (χ4v) is 5.68. The number of hydrogen-bond acceptors (Lipinski definition) is 7. The Kier molecular flexibility index (Phi) is 9.66. The van der Waals surface area contributed by atoms with Crippen LogP contribution in [0.25, 0.3) is 11.0 Å². The Bertz CT molecular complexity index is 1310. The number of nitrogens with one attached hydrogen (secondary N) is 3. The first kappa shape index (κ1) is 30.9. The summed E-state index contributed by atoms with van der Waals surface area (Å²) in [4.78, 5) is 37.7. The maximum absolute atomic E-state index is 13.6. The van der Waals surface area contributed by atoms with E-state index in [2.05, 4.69) is 46.4 Å². The fourth-order valence-electron chi connectivity index (χ4n) is 5.68. The van der Waals surface area contributed by atoms with E-state index in [1.54, 1.807) is 18.7 Å². The molecule has 0 bridgehead atoms. The largest absolute Gasteiger partial charge is 0.392 e. The number of aromatic amines is 1. The highest BCUT2D eigenvalue weighted by Crippen LogP contribution is 2.37. The Balaban J connectivity index is 0.000000328. The number of imidazole rings is 1. The van der Waals surface area contributed by atoms with E-state index in [-0.39, 0.29) is 24.0 Å². The van der Waals surface area contributed by atoms with Crippen LogP contribution < -0.4 is 10.6 Å². The summed E-state index contributed by atoms with van der Waals surface area (Å²) >= 11 is 0. The number of halogens is 2. The lowest BCUT2D eigenvalue weighted by molar-refractivity contribution is -0.124. The second-order valence-electron chi connectivity index (χ2n) is 12.2. The summed E-state index contributed by atoms with van der Waals surface area (Å²) < 4.78 is 25.0. The second-order valence-corrected chi connectivity index (χ2v) is 12.2. The topological polar surface area (TPSA) is 120 Å². The number of carbonyl (C=O) groups is 2. The van der Waals surface area contributed by atoms with Crippen molar-refractivity contribution in [1.29, 1.82) is 0 Å². The Morgan fingerprint density at radius 2 is 1.85 bits per heavy atom. The minimum atomic E-state index is -2.38. The first-order valence-electron chi connectivity index (χ1n) is 14.3. The standard InChI is InChI=1S/C24H28N4O3.C7H13F2N/c1-24(2,3)15-6-4-14(5-7-15)21(23(31)19-8-16(30)9-26-19)18(12-29)17-10-25-11-20-22(17)28-13-27-20;1-10-6-2-4-7(8,9)5-3-6/h4-7,10-13,16,18-19,21,26,30H,8-9H2,1-3H3,(H,27,28);6,10H,2-5H2,1H3. The number of fused-ring (bicyclic) bond motifs is 1. The van der Waals surface area contributed by atoms with Crippen molar-refractivity contribution < 1.29 is 23.5 Å². The number of alkyl halides is 2.